The molecule has 0 saturated carbocycles. The maximum Gasteiger partial charge on any atom is 0.234 e. The summed E-state index contributed by atoms with van der Waals surface area (Å²) in [6.45, 7) is 8.30. The van der Waals surface area contributed by atoms with Crippen LogP contribution in [-0.4, -0.2) is 28.7 Å². The Morgan fingerprint density at radius 1 is 1.25 bits per heavy atom. The molecule has 1 N–H and O–H groups in total. The lowest BCUT2D eigenvalue weighted by Crippen LogP contribution is -2.15. The van der Waals surface area contributed by atoms with Crippen molar-refractivity contribution in [2.45, 2.75) is 45.6 Å². The van der Waals surface area contributed by atoms with E-state index in [1.165, 1.54) is 22.2 Å². The van der Waals surface area contributed by atoms with E-state index in [1.807, 2.05) is 25.1 Å². The summed E-state index contributed by atoms with van der Waals surface area (Å²) in [7, 11) is 1.60. The van der Waals surface area contributed by atoms with E-state index in [9.17, 15) is 4.79 Å². The van der Waals surface area contributed by atoms with Crippen molar-refractivity contribution in [1.82, 2.24) is 9.97 Å². The lowest BCUT2D eigenvalue weighted by molar-refractivity contribution is -0.113. The van der Waals surface area contributed by atoms with Crippen molar-refractivity contribution in [2.75, 3.05) is 18.2 Å². The minimum atomic E-state index is -0.0812. The van der Waals surface area contributed by atoms with Crippen molar-refractivity contribution in [3.05, 3.63) is 40.0 Å². The number of anilines is 1. The van der Waals surface area contributed by atoms with Crippen LogP contribution in [-0.2, 0) is 11.2 Å². The van der Waals surface area contributed by atoms with E-state index < -0.39 is 0 Å². The molecule has 0 atom stereocenters. The number of aromatic nitrogens is 2. The van der Waals surface area contributed by atoms with Gasteiger partial charge in [-0.2, -0.15) is 0 Å². The zero-order valence-electron chi connectivity index (χ0n) is 16.9. The summed E-state index contributed by atoms with van der Waals surface area (Å²) in [6.07, 6.45) is 1.83. The number of ether oxygens (including phenoxy) is 1. The Hall–Kier alpha value is -2.12. The maximum atomic E-state index is 12.6. The summed E-state index contributed by atoms with van der Waals surface area (Å²) in [5.41, 5.74) is 2.95. The maximum absolute atomic E-state index is 12.6. The van der Waals surface area contributed by atoms with Crippen molar-refractivity contribution in [2.24, 2.45) is 0 Å². The van der Waals surface area contributed by atoms with Gasteiger partial charge in [0.2, 0.25) is 5.91 Å². The predicted octanol–water partition coefficient (Wildman–Crippen LogP) is 5.31. The Morgan fingerprint density at radius 3 is 2.75 bits per heavy atom. The number of carbonyl (C=O) groups excluding carboxylic acids is 1. The van der Waals surface area contributed by atoms with E-state index in [4.69, 9.17) is 14.7 Å². The van der Waals surface area contributed by atoms with Crippen LogP contribution >= 0.6 is 23.1 Å². The van der Waals surface area contributed by atoms with E-state index in [0.29, 0.717) is 11.4 Å². The summed E-state index contributed by atoms with van der Waals surface area (Å²) in [4.78, 5) is 24.3. The Balaban J connectivity index is 1.81. The van der Waals surface area contributed by atoms with Crippen LogP contribution in [0, 0.1) is 20.8 Å². The highest BCUT2D eigenvalue weighted by Crippen LogP contribution is 2.35. The highest BCUT2D eigenvalue weighted by Gasteiger charge is 2.16. The second kappa shape index (κ2) is 8.92. The largest absolute Gasteiger partial charge is 0.495 e. The normalized spacial score (nSPS) is 11.0. The monoisotopic (exact) mass is 415 g/mol. The zero-order valence-corrected chi connectivity index (χ0v) is 18.5. The van der Waals surface area contributed by atoms with Crippen LogP contribution in [0.25, 0.3) is 10.2 Å². The molecule has 0 aliphatic heterocycles. The van der Waals surface area contributed by atoms with E-state index in [1.54, 1.807) is 18.4 Å². The number of thioether (sulfide) groups is 1. The van der Waals surface area contributed by atoms with E-state index in [2.05, 4.69) is 26.1 Å². The number of hydrogen-bond acceptors (Lipinski definition) is 6. The third-order valence-corrected chi connectivity index (χ3v) is 6.56. The first-order valence-electron chi connectivity index (χ1n) is 9.26. The third-order valence-electron chi connectivity index (χ3n) is 4.48. The van der Waals surface area contributed by atoms with Crippen molar-refractivity contribution in [3.8, 4) is 5.75 Å². The molecule has 3 rings (SSSR count). The number of benzene rings is 1. The van der Waals surface area contributed by atoms with Crippen molar-refractivity contribution in [1.29, 1.82) is 0 Å². The molecule has 0 spiro atoms. The standard InChI is InChI=1S/C21H25N3O2S2/c1-6-7-17-23-20(19-13(3)14(4)28-21(19)24-17)27-11-18(25)22-15-10-12(2)8-9-16(15)26-5/h8-10H,6-7,11H2,1-5H3,(H,22,25). The summed E-state index contributed by atoms with van der Waals surface area (Å²) in [5.74, 6) is 1.70. The number of nitrogens with one attached hydrogen (secondary N) is 1. The molecule has 7 heteroatoms. The van der Waals surface area contributed by atoms with Gasteiger partial charge in [0.1, 0.15) is 21.4 Å². The molecule has 1 aromatic carbocycles. The van der Waals surface area contributed by atoms with Crippen molar-refractivity contribution in [3.63, 3.8) is 0 Å². The number of thiophene rings is 1. The van der Waals surface area contributed by atoms with E-state index in [-0.39, 0.29) is 11.7 Å². The van der Waals surface area contributed by atoms with Gasteiger partial charge in [-0.1, -0.05) is 24.8 Å². The topological polar surface area (TPSA) is 64.1 Å². The fourth-order valence-corrected chi connectivity index (χ4v) is 4.95. The van der Waals surface area contributed by atoms with E-state index in [0.717, 1.165) is 39.5 Å². The minimum absolute atomic E-state index is 0.0812. The van der Waals surface area contributed by atoms with Gasteiger partial charge in [0, 0.05) is 16.7 Å². The number of methoxy groups -OCH3 is 1. The lowest BCUT2D eigenvalue weighted by atomic mass is 10.2. The fraction of sp³-hybridized carbons (Fsp3) is 0.381. The summed E-state index contributed by atoms with van der Waals surface area (Å²) in [5, 5.41) is 4.92. The predicted molar refractivity (Wildman–Crippen MR) is 118 cm³/mol. The van der Waals surface area contributed by atoms with Gasteiger partial charge in [-0.05, 0) is 50.5 Å². The molecular formula is C21H25N3O2S2. The van der Waals surface area contributed by atoms with Crippen LogP contribution in [0.1, 0.15) is 35.2 Å². The molecule has 0 fully saturated rings. The zero-order chi connectivity index (χ0) is 20.3. The summed E-state index contributed by atoms with van der Waals surface area (Å²) < 4.78 is 5.34. The number of aryl methyl sites for hydroxylation is 4. The molecule has 3 aromatic rings. The molecule has 5 nitrogen and oxygen atoms in total. The Bertz CT molecular complexity index is 1010. The first-order chi connectivity index (χ1) is 13.4. The molecule has 0 unspecified atom stereocenters. The molecule has 1 amide bonds. The van der Waals surface area contributed by atoms with Crippen LogP contribution in [0.3, 0.4) is 0 Å². The Labute approximate surface area is 173 Å². The summed E-state index contributed by atoms with van der Waals surface area (Å²) >= 11 is 3.16. The third kappa shape index (κ3) is 4.47. The van der Waals surface area contributed by atoms with Crippen LogP contribution in [0.2, 0.25) is 0 Å². The van der Waals surface area contributed by atoms with Gasteiger partial charge >= 0.3 is 0 Å². The number of amides is 1. The molecular weight excluding hydrogens is 390 g/mol. The number of fused-ring (bicyclic) bond motifs is 1. The lowest BCUT2D eigenvalue weighted by Gasteiger charge is -2.11. The number of hydrogen-bond donors (Lipinski definition) is 1. The number of rotatable bonds is 7. The van der Waals surface area contributed by atoms with Gasteiger partial charge in [0.05, 0.1) is 18.6 Å². The highest BCUT2D eigenvalue weighted by atomic mass is 32.2. The second-order valence-electron chi connectivity index (χ2n) is 6.70. The van der Waals surface area contributed by atoms with Crippen molar-refractivity contribution < 1.29 is 9.53 Å². The van der Waals surface area contributed by atoms with Gasteiger partial charge in [-0.15, -0.1) is 11.3 Å². The average molecular weight is 416 g/mol. The quantitative estimate of drug-likeness (QED) is 0.418. The molecule has 0 aliphatic carbocycles. The highest BCUT2D eigenvalue weighted by molar-refractivity contribution is 8.00. The second-order valence-corrected chi connectivity index (χ2v) is 8.87. The van der Waals surface area contributed by atoms with Gasteiger partial charge < -0.3 is 10.1 Å². The van der Waals surface area contributed by atoms with Crippen LogP contribution in [0.4, 0.5) is 5.69 Å². The average Bonchev–Trinajstić information content (AvgIpc) is 2.94. The first-order valence-corrected chi connectivity index (χ1v) is 11.1. The fourth-order valence-electron chi connectivity index (χ4n) is 2.93. The summed E-state index contributed by atoms with van der Waals surface area (Å²) in [6, 6.07) is 5.73. The molecule has 0 aliphatic rings. The number of carbonyl (C=O) groups is 1. The van der Waals surface area contributed by atoms with Crippen LogP contribution < -0.4 is 10.1 Å². The first kappa shape index (κ1) is 20.6. The Kier molecular flexibility index (Phi) is 6.57. The van der Waals surface area contributed by atoms with Gasteiger partial charge in [-0.25, -0.2) is 9.97 Å². The molecule has 0 saturated heterocycles. The Morgan fingerprint density at radius 2 is 2.04 bits per heavy atom. The van der Waals surface area contributed by atoms with E-state index >= 15 is 0 Å². The van der Waals surface area contributed by atoms with Crippen LogP contribution in [0.15, 0.2) is 23.2 Å². The number of nitrogens with zero attached hydrogens (tertiary/aromatic N) is 2. The van der Waals surface area contributed by atoms with Crippen molar-refractivity contribution >= 4 is 44.9 Å². The molecule has 2 aromatic heterocycles. The molecule has 28 heavy (non-hydrogen) atoms. The molecule has 2 heterocycles. The smallest absolute Gasteiger partial charge is 0.234 e. The minimum Gasteiger partial charge on any atom is -0.495 e. The SMILES string of the molecule is CCCc1nc(SCC(=O)Nc2cc(C)ccc2OC)c2c(C)c(C)sc2n1. The van der Waals surface area contributed by atoms with Gasteiger partial charge in [-0.3, -0.25) is 4.79 Å². The van der Waals surface area contributed by atoms with Gasteiger partial charge in [0.15, 0.2) is 0 Å². The van der Waals surface area contributed by atoms with Gasteiger partial charge in [0.25, 0.3) is 0 Å². The molecule has 0 bridgehead atoms. The molecule has 148 valence electrons. The molecule has 0 radical (unpaired) electrons. The van der Waals surface area contributed by atoms with Crippen LogP contribution in [0.5, 0.6) is 5.75 Å².